The minimum absolute atomic E-state index is 0.0283. The molecule has 0 aromatic heterocycles. The maximum absolute atomic E-state index is 13.5. The maximum Gasteiger partial charge on any atom is 0.266 e. The molecule has 6 aromatic carbocycles. The van der Waals surface area contributed by atoms with E-state index in [0.29, 0.717) is 56.9 Å². The molecule has 0 saturated heterocycles. The van der Waals surface area contributed by atoms with Gasteiger partial charge in [0.05, 0.1) is 27.9 Å². The van der Waals surface area contributed by atoms with Gasteiger partial charge >= 0.3 is 0 Å². The fourth-order valence-corrected chi connectivity index (χ4v) is 8.21. The molecule has 1 saturated carbocycles. The Morgan fingerprint density at radius 1 is 0.458 bits per heavy atom. The van der Waals surface area contributed by atoms with Crippen molar-refractivity contribution in [1.29, 1.82) is 0 Å². The first-order valence-corrected chi connectivity index (χ1v) is 20.0. The zero-order valence-corrected chi connectivity index (χ0v) is 33.1. The smallest absolute Gasteiger partial charge is 0.266 e. The molecule has 9 heteroatoms. The highest BCUT2D eigenvalue weighted by atomic mass is 16.5. The highest BCUT2D eigenvalue weighted by Crippen LogP contribution is 2.38. The van der Waals surface area contributed by atoms with Crippen LogP contribution in [0, 0.1) is 6.92 Å². The van der Waals surface area contributed by atoms with E-state index in [4.69, 9.17) is 14.2 Å². The van der Waals surface area contributed by atoms with Crippen molar-refractivity contribution >= 4 is 29.3 Å². The van der Waals surface area contributed by atoms with Crippen molar-refractivity contribution in [1.82, 2.24) is 4.90 Å². The van der Waals surface area contributed by atoms with Gasteiger partial charge in [0, 0.05) is 11.5 Å². The summed E-state index contributed by atoms with van der Waals surface area (Å²) in [6, 6.07) is 40.2. The number of imide groups is 2. The van der Waals surface area contributed by atoms with E-state index >= 15 is 0 Å². The number of carbonyl (C=O) groups excluding carboxylic acids is 4. The summed E-state index contributed by atoms with van der Waals surface area (Å²) in [5.74, 6) is 2.19. The number of hydrogen-bond acceptors (Lipinski definition) is 7. The minimum atomic E-state index is -0.420. The Hall–Kier alpha value is -7.00. The average molecular weight is 783 g/mol. The normalized spacial score (nSPS) is 15.4. The Bertz CT molecular complexity index is 2610. The Kier molecular flexibility index (Phi) is 9.59. The van der Waals surface area contributed by atoms with Crippen molar-refractivity contribution < 1.29 is 33.4 Å². The predicted octanol–water partition coefficient (Wildman–Crippen LogP) is 11.4. The lowest BCUT2D eigenvalue weighted by Gasteiger charge is -2.29. The maximum atomic E-state index is 13.5. The van der Waals surface area contributed by atoms with Crippen LogP contribution in [-0.2, 0) is 5.41 Å². The summed E-state index contributed by atoms with van der Waals surface area (Å²) >= 11 is 0. The lowest BCUT2D eigenvalue weighted by molar-refractivity contribution is 0.0548. The molecule has 2 aliphatic heterocycles. The standard InChI is InChI=1S/C50H42N2O7/c1-31-9-17-36(18-10-31)57-39-23-15-35(16-24-39)52-47(54)43-28-26-41(30-45(43)49(52)56)59-38-21-13-33(14-22-38)50(2,3)32-11-19-37(20-12-32)58-40-25-27-42-44(29-40)48(55)51(46(42)53)34-7-5-4-6-8-34/h9-30,34H,4-8H2,1-3H3. The van der Waals surface area contributed by atoms with Crippen LogP contribution in [0.15, 0.2) is 133 Å². The van der Waals surface area contributed by atoms with E-state index in [1.54, 1.807) is 60.7 Å². The van der Waals surface area contributed by atoms with Gasteiger partial charge in [0.1, 0.15) is 34.5 Å². The molecule has 6 aromatic rings. The molecule has 0 bridgehead atoms. The molecule has 0 spiro atoms. The number of anilines is 1. The van der Waals surface area contributed by atoms with Gasteiger partial charge in [-0.05, 0) is 128 Å². The van der Waals surface area contributed by atoms with Crippen molar-refractivity contribution in [2.45, 2.75) is 64.3 Å². The van der Waals surface area contributed by atoms with Gasteiger partial charge in [0.2, 0.25) is 0 Å². The zero-order valence-electron chi connectivity index (χ0n) is 33.1. The van der Waals surface area contributed by atoms with Crippen LogP contribution in [0.5, 0.6) is 34.5 Å². The van der Waals surface area contributed by atoms with Crippen LogP contribution in [-0.4, -0.2) is 34.6 Å². The van der Waals surface area contributed by atoms with Crippen LogP contribution in [0.3, 0.4) is 0 Å². The lowest BCUT2D eigenvalue weighted by Crippen LogP contribution is -2.40. The highest BCUT2D eigenvalue weighted by molar-refractivity contribution is 6.34. The summed E-state index contributed by atoms with van der Waals surface area (Å²) in [7, 11) is 0. The Morgan fingerprint density at radius 3 is 1.37 bits per heavy atom. The average Bonchev–Trinajstić information content (AvgIpc) is 3.65. The van der Waals surface area contributed by atoms with Crippen LogP contribution in [0.4, 0.5) is 5.69 Å². The van der Waals surface area contributed by atoms with Crippen molar-refractivity contribution in [2.24, 2.45) is 0 Å². The second kappa shape index (κ2) is 15.1. The molecule has 9 rings (SSSR count). The molecular weight excluding hydrogens is 741 g/mol. The van der Waals surface area contributed by atoms with Gasteiger partial charge in [0.25, 0.3) is 23.6 Å². The van der Waals surface area contributed by atoms with Crippen molar-refractivity contribution in [3.8, 4) is 34.5 Å². The van der Waals surface area contributed by atoms with E-state index in [2.05, 4.69) is 13.8 Å². The topological polar surface area (TPSA) is 102 Å². The summed E-state index contributed by atoms with van der Waals surface area (Å²) < 4.78 is 18.2. The zero-order chi connectivity index (χ0) is 40.8. The largest absolute Gasteiger partial charge is 0.457 e. The summed E-state index contributed by atoms with van der Waals surface area (Å²) in [5, 5.41) is 0. The monoisotopic (exact) mass is 782 g/mol. The number of amides is 4. The first-order chi connectivity index (χ1) is 28.5. The van der Waals surface area contributed by atoms with Crippen LogP contribution >= 0.6 is 0 Å². The van der Waals surface area contributed by atoms with E-state index in [0.717, 1.165) is 48.8 Å². The number of nitrogens with zero attached hydrogens (tertiary/aromatic N) is 2. The molecule has 0 radical (unpaired) electrons. The van der Waals surface area contributed by atoms with Gasteiger partial charge in [-0.3, -0.25) is 24.1 Å². The van der Waals surface area contributed by atoms with Crippen molar-refractivity contribution in [3.05, 3.63) is 172 Å². The van der Waals surface area contributed by atoms with Crippen LogP contribution in [0.1, 0.15) is 104 Å². The molecule has 59 heavy (non-hydrogen) atoms. The molecule has 4 amide bonds. The number of carbonyl (C=O) groups is 4. The lowest BCUT2D eigenvalue weighted by atomic mass is 9.78. The van der Waals surface area contributed by atoms with E-state index < -0.39 is 11.8 Å². The molecular formula is C50H42N2O7. The van der Waals surface area contributed by atoms with Crippen LogP contribution in [0.25, 0.3) is 0 Å². The van der Waals surface area contributed by atoms with E-state index in [1.165, 1.54) is 9.80 Å². The molecule has 0 N–H and O–H groups in total. The molecule has 9 nitrogen and oxygen atoms in total. The Labute approximate surface area is 342 Å². The van der Waals surface area contributed by atoms with Crippen LogP contribution in [0.2, 0.25) is 0 Å². The molecule has 1 fully saturated rings. The summed E-state index contributed by atoms with van der Waals surface area (Å²) in [6.07, 6.45) is 4.94. The van der Waals surface area contributed by atoms with Gasteiger partial charge in [-0.1, -0.05) is 75.1 Å². The van der Waals surface area contributed by atoms with Gasteiger partial charge in [0.15, 0.2) is 0 Å². The number of hydrogen-bond donors (Lipinski definition) is 0. The number of aryl methyl sites for hydroxylation is 1. The Balaban J connectivity index is 0.835. The van der Waals surface area contributed by atoms with Crippen molar-refractivity contribution in [2.75, 3.05) is 4.90 Å². The molecule has 294 valence electrons. The third kappa shape index (κ3) is 7.14. The number of benzene rings is 6. The third-order valence-electron chi connectivity index (χ3n) is 11.7. The van der Waals surface area contributed by atoms with Gasteiger partial charge in [-0.25, -0.2) is 4.90 Å². The van der Waals surface area contributed by atoms with Gasteiger partial charge in [-0.2, -0.15) is 0 Å². The minimum Gasteiger partial charge on any atom is -0.457 e. The van der Waals surface area contributed by atoms with E-state index in [-0.39, 0.29) is 28.8 Å². The first kappa shape index (κ1) is 37.6. The number of ether oxygens (including phenoxy) is 3. The highest BCUT2D eigenvalue weighted by Gasteiger charge is 2.41. The van der Waals surface area contributed by atoms with Gasteiger partial charge < -0.3 is 14.2 Å². The molecule has 1 aliphatic carbocycles. The van der Waals surface area contributed by atoms with E-state index in [9.17, 15) is 19.2 Å². The van der Waals surface area contributed by atoms with Gasteiger partial charge in [-0.15, -0.1) is 0 Å². The molecule has 0 atom stereocenters. The Morgan fingerprint density at radius 2 is 0.847 bits per heavy atom. The second-order valence-corrected chi connectivity index (χ2v) is 15.9. The predicted molar refractivity (Wildman–Crippen MR) is 224 cm³/mol. The number of fused-ring (bicyclic) bond motifs is 2. The third-order valence-corrected chi connectivity index (χ3v) is 11.7. The molecule has 3 aliphatic rings. The first-order valence-electron chi connectivity index (χ1n) is 20.0. The molecule has 2 heterocycles. The summed E-state index contributed by atoms with van der Waals surface area (Å²) in [6.45, 7) is 6.28. The second-order valence-electron chi connectivity index (χ2n) is 15.9. The summed E-state index contributed by atoms with van der Waals surface area (Å²) in [4.78, 5) is 55.9. The fraction of sp³-hybridized carbons (Fsp3) is 0.200. The number of rotatable bonds is 10. The SMILES string of the molecule is Cc1ccc(Oc2ccc(N3C(=O)c4ccc(Oc5ccc(C(C)(C)c6ccc(Oc7ccc8c(c7)C(=O)N(C7CCCCC7)C8=O)cc6)cc5)cc4C3=O)cc2)cc1. The molecule has 0 unspecified atom stereocenters. The fourth-order valence-electron chi connectivity index (χ4n) is 8.21. The van der Waals surface area contributed by atoms with E-state index in [1.807, 2.05) is 79.7 Å². The quantitative estimate of drug-likeness (QED) is 0.127. The van der Waals surface area contributed by atoms with Crippen molar-refractivity contribution in [3.63, 3.8) is 0 Å². The summed E-state index contributed by atoms with van der Waals surface area (Å²) in [5.41, 5.74) is 4.77. The van der Waals surface area contributed by atoms with Crippen LogP contribution < -0.4 is 19.1 Å².